The lowest BCUT2D eigenvalue weighted by molar-refractivity contribution is 0.0951. The smallest absolute Gasteiger partial charge is 0.274 e. The number of hydrazone groups is 1. The van der Waals surface area contributed by atoms with E-state index in [2.05, 4.69) is 10.5 Å². The van der Waals surface area contributed by atoms with E-state index in [1.807, 2.05) is 0 Å². The number of carbonyl (C=O) groups is 1. The summed E-state index contributed by atoms with van der Waals surface area (Å²) in [6, 6.07) is 10.1. The molecule has 0 radical (unpaired) electrons. The molecule has 0 saturated heterocycles. The number of halogens is 1. The van der Waals surface area contributed by atoms with Gasteiger partial charge in [0.05, 0.1) is 30.0 Å². The van der Waals surface area contributed by atoms with Crippen LogP contribution < -0.4 is 10.2 Å². The van der Waals surface area contributed by atoms with Gasteiger partial charge in [0.15, 0.2) is 11.5 Å². The zero-order chi connectivity index (χ0) is 17.5. The van der Waals surface area contributed by atoms with Crippen LogP contribution in [-0.4, -0.2) is 23.8 Å². The molecule has 2 N–H and O–H groups in total. The summed E-state index contributed by atoms with van der Waals surface area (Å²) in [6.45, 7) is 2.18. The Morgan fingerprint density at radius 1 is 1.46 bits per heavy atom. The van der Waals surface area contributed by atoms with Crippen molar-refractivity contribution in [2.24, 2.45) is 5.10 Å². The van der Waals surface area contributed by atoms with Gasteiger partial charge in [-0.2, -0.15) is 10.4 Å². The lowest BCUT2D eigenvalue weighted by atomic mass is 10.1. The molecule has 0 aromatic heterocycles. The summed E-state index contributed by atoms with van der Waals surface area (Å²) in [7, 11) is 0. The van der Waals surface area contributed by atoms with Gasteiger partial charge >= 0.3 is 0 Å². The van der Waals surface area contributed by atoms with Crippen molar-refractivity contribution >= 4 is 12.1 Å². The molecule has 0 aliphatic heterocycles. The molecule has 0 aliphatic rings. The Kier molecular flexibility index (Phi) is 5.47. The number of hydrogen-bond acceptors (Lipinski definition) is 5. The summed E-state index contributed by atoms with van der Waals surface area (Å²) in [5.74, 6) is -1.40. The van der Waals surface area contributed by atoms with Crippen molar-refractivity contribution in [2.45, 2.75) is 6.92 Å². The van der Waals surface area contributed by atoms with E-state index in [1.165, 1.54) is 18.3 Å². The highest BCUT2D eigenvalue weighted by molar-refractivity contribution is 5.95. The summed E-state index contributed by atoms with van der Waals surface area (Å²) < 4.78 is 19.0. The second-order valence-corrected chi connectivity index (χ2v) is 4.63. The van der Waals surface area contributed by atoms with Gasteiger partial charge in [-0.1, -0.05) is 6.07 Å². The number of rotatable bonds is 5. The maximum Gasteiger partial charge on any atom is 0.274 e. The van der Waals surface area contributed by atoms with E-state index < -0.39 is 11.7 Å². The molecular formula is C17H14FN3O3. The van der Waals surface area contributed by atoms with Gasteiger partial charge in [-0.3, -0.25) is 4.79 Å². The monoisotopic (exact) mass is 327 g/mol. The van der Waals surface area contributed by atoms with Crippen LogP contribution in [-0.2, 0) is 0 Å². The van der Waals surface area contributed by atoms with E-state index in [9.17, 15) is 14.3 Å². The fourth-order valence-electron chi connectivity index (χ4n) is 1.90. The summed E-state index contributed by atoms with van der Waals surface area (Å²) in [5, 5.41) is 22.3. The number of nitrogens with one attached hydrogen (secondary N) is 1. The van der Waals surface area contributed by atoms with E-state index in [0.717, 1.165) is 6.07 Å². The number of nitriles is 1. The first-order valence-corrected chi connectivity index (χ1v) is 7.04. The van der Waals surface area contributed by atoms with Crippen molar-refractivity contribution in [3.8, 4) is 17.6 Å². The van der Waals surface area contributed by atoms with Crippen LogP contribution in [0.3, 0.4) is 0 Å². The summed E-state index contributed by atoms with van der Waals surface area (Å²) in [6.07, 6.45) is 1.22. The number of para-hydroxylation sites is 1. The first-order chi connectivity index (χ1) is 11.6. The molecule has 0 bridgehead atoms. The third kappa shape index (κ3) is 3.87. The Morgan fingerprint density at radius 2 is 2.25 bits per heavy atom. The third-order valence-electron chi connectivity index (χ3n) is 3.04. The Labute approximate surface area is 137 Å². The standard InChI is InChI=1S/C17H14FN3O3/c1-2-24-15-5-3-4-12(16(15)22)10-20-21-17(23)13-7-6-11(9-19)8-14(13)18/h3-8,10,22H,2H2,1H3,(H,21,23)/b20-10-. The molecule has 2 rings (SSSR count). The van der Waals surface area contributed by atoms with E-state index in [1.54, 1.807) is 31.2 Å². The molecule has 0 aliphatic carbocycles. The first kappa shape index (κ1) is 17.0. The molecule has 24 heavy (non-hydrogen) atoms. The second-order valence-electron chi connectivity index (χ2n) is 4.63. The van der Waals surface area contributed by atoms with Crippen LogP contribution in [0, 0.1) is 17.1 Å². The van der Waals surface area contributed by atoms with Crippen LogP contribution in [0.15, 0.2) is 41.5 Å². The fraction of sp³-hybridized carbons (Fsp3) is 0.118. The van der Waals surface area contributed by atoms with Gasteiger partial charge in [0.1, 0.15) is 5.82 Å². The number of aromatic hydroxyl groups is 1. The fourth-order valence-corrected chi connectivity index (χ4v) is 1.90. The zero-order valence-electron chi connectivity index (χ0n) is 12.8. The predicted octanol–water partition coefficient (Wildman–Crippen LogP) is 2.57. The lowest BCUT2D eigenvalue weighted by Crippen LogP contribution is -2.19. The molecule has 122 valence electrons. The highest BCUT2D eigenvalue weighted by atomic mass is 19.1. The minimum Gasteiger partial charge on any atom is -0.504 e. The summed E-state index contributed by atoms with van der Waals surface area (Å²) in [5.41, 5.74) is 2.37. The van der Waals surface area contributed by atoms with Crippen molar-refractivity contribution in [3.63, 3.8) is 0 Å². The highest BCUT2D eigenvalue weighted by Gasteiger charge is 2.12. The van der Waals surface area contributed by atoms with E-state index in [4.69, 9.17) is 10.00 Å². The maximum atomic E-state index is 13.7. The largest absolute Gasteiger partial charge is 0.504 e. The number of amides is 1. The van der Waals surface area contributed by atoms with Crippen molar-refractivity contribution in [1.29, 1.82) is 5.26 Å². The molecule has 0 spiro atoms. The van der Waals surface area contributed by atoms with Crippen LogP contribution >= 0.6 is 0 Å². The van der Waals surface area contributed by atoms with Gasteiger partial charge in [-0.25, -0.2) is 9.82 Å². The normalized spacial score (nSPS) is 10.4. The molecule has 2 aromatic rings. The van der Waals surface area contributed by atoms with E-state index >= 15 is 0 Å². The number of phenolic OH excluding ortho intramolecular Hbond substituents is 1. The van der Waals surface area contributed by atoms with Crippen molar-refractivity contribution in [2.75, 3.05) is 6.61 Å². The number of ether oxygens (including phenoxy) is 1. The Bertz CT molecular complexity index is 828. The van der Waals surface area contributed by atoms with E-state index in [-0.39, 0.29) is 16.9 Å². The SMILES string of the molecule is CCOc1cccc(/C=N\NC(=O)c2ccc(C#N)cc2F)c1O. The van der Waals surface area contributed by atoms with Gasteiger partial charge < -0.3 is 9.84 Å². The average Bonchev–Trinajstić information content (AvgIpc) is 2.58. The number of phenols is 1. The molecule has 7 heteroatoms. The molecule has 0 saturated carbocycles. The molecule has 1 amide bonds. The molecule has 0 heterocycles. The lowest BCUT2D eigenvalue weighted by Gasteiger charge is -2.07. The predicted molar refractivity (Wildman–Crippen MR) is 85.5 cm³/mol. The minimum absolute atomic E-state index is 0.109. The van der Waals surface area contributed by atoms with Gasteiger partial charge in [-0.15, -0.1) is 0 Å². The number of benzene rings is 2. The van der Waals surface area contributed by atoms with Crippen LogP contribution in [0.5, 0.6) is 11.5 Å². The highest BCUT2D eigenvalue weighted by Crippen LogP contribution is 2.28. The Morgan fingerprint density at radius 3 is 2.92 bits per heavy atom. The molecule has 0 unspecified atom stereocenters. The Balaban J connectivity index is 2.11. The molecular weight excluding hydrogens is 313 g/mol. The van der Waals surface area contributed by atoms with Crippen LogP contribution in [0.25, 0.3) is 0 Å². The number of hydrogen-bond donors (Lipinski definition) is 2. The molecule has 6 nitrogen and oxygen atoms in total. The molecule has 0 fully saturated rings. The Hall–Kier alpha value is -3.40. The summed E-state index contributed by atoms with van der Waals surface area (Å²) in [4.78, 5) is 11.9. The van der Waals surface area contributed by atoms with Gasteiger partial charge in [0.2, 0.25) is 0 Å². The summed E-state index contributed by atoms with van der Waals surface area (Å²) >= 11 is 0. The van der Waals surface area contributed by atoms with Crippen LogP contribution in [0.4, 0.5) is 4.39 Å². The third-order valence-corrected chi connectivity index (χ3v) is 3.04. The average molecular weight is 327 g/mol. The van der Waals surface area contributed by atoms with E-state index in [0.29, 0.717) is 17.9 Å². The zero-order valence-corrected chi connectivity index (χ0v) is 12.8. The van der Waals surface area contributed by atoms with Crippen molar-refractivity contribution in [1.82, 2.24) is 5.43 Å². The quantitative estimate of drug-likeness (QED) is 0.652. The molecule has 0 atom stereocenters. The minimum atomic E-state index is -0.817. The van der Waals surface area contributed by atoms with Crippen molar-refractivity contribution in [3.05, 3.63) is 58.9 Å². The second kappa shape index (κ2) is 7.74. The van der Waals surface area contributed by atoms with Gasteiger partial charge in [0, 0.05) is 5.56 Å². The van der Waals surface area contributed by atoms with Gasteiger partial charge in [0.25, 0.3) is 5.91 Å². The van der Waals surface area contributed by atoms with Crippen molar-refractivity contribution < 1.29 is 19.0 Å². The van der Waals surface area contributed by atoms with Crippen LogP contribution in [0.2, 0.25) is 0 Å². The van der Waals surface area contributed by atoms with Crippen LogP contribution in [0.1, 0.15) is 28.4 Å². The topological polar surface area (TPSA) is 94.7 Å². The first-order valence-electron chi connectivity index (χ1n) is 7.04. The van der Waals surface area contributed by atoms with Gasteiger partial charge in [-0.05, 0) is 37.3 Å². The molecule has 2 aromatic carbocycles. The number of carbonyl (C=O) groups excluding carboxylic acids is 1. The number of nitrogens with zero attached hydrogens (tertiary/aromatic N) is 2. The maximum absolute atomic E-state index is 13.7.